The molecular weight excluding hydrogens is 556 g/mol. The first kappa shape index (κ1) is 37.7. The minimum Gasteiger partial charge on any atom is -0.390 e. The second kappa shape index (κ2) is 16.2. The molecule has 0 saturated carbocycles. The molecule has 0 unspecified atom stereocenters. The molecule has 5 N–H and O–H groups in total. The number of imide groups is 4. The van der Waals surface area contributed by atoms with Crippen LogP contribution in [0, 0.1) is 0 Å². The molecule has 0 radical (unpaired) electrons. The first-order valence-electron chi connectivity index (χ1n) is 13.1. The number of amides is 12. The standard InChI is InChI=1S/C25H44N8O9/c1-11-12-17(34)30(7)15(3)20(37)31(8)16(13-25(4,5)42)18(35)28-23(40)33(10)24(41)29-21(38)27-14(2)19(36)32(9)22(39)26-6/h14-16,42H,11-13H2,1-10H3,(H,26,39)(H,28,35,40)(H2,27,29,38,41)/t14-,15-,16+/m1/s1. The second-order valence-corrected chi connectivity index (χ2v) is 10.3. The molecule has 17 nitrogen and oxygen atoms in total. The van der Waals surface area contributed by atoms with Gasteiger partial charge in [0.2, 0.25) is 11.8 Å². The predicted octanol–water partition coefficient (Wildman–Crippen LogP) is -0.605. The van der Waals surface area contributed by atoms with Gasteiger partial charge in [0, 0.05) is 48.1 Å². The van der Waals surface area contributed by atoms with Crippen LogP contribution in [0.1, 0.15) is 53.9 Å². The van der Waals surface area contributed by atoms with E-state index in [4.69, 9.17) is 0 Å². The van der Waals surface area contributed by atoms with Gasteiger partial charge in [-0.2, -0.15) is 0 Å². The highest BCUT2D eigenvalue weighted by Gasteiger charge is 2.37. The maximum Gasteiger partial charge on any atom is 0.333 e. The fraction of sp³-hybridized carbons (Fsp3) is 0.680. The molecule has 0 aromatic heterocycles. The minimum absolute atomic E-state index is 0.217. The Balaban J connectivity index is 5.50. The number of nitrogens with zero attached hydrogens (tertiary/aromatic N) is 4. The summed E-state index contributed by atoms with van der Waals surface area (Å²) in [7, 11) is 6.17. The van der Waals surface area contributed by atoms with Crippen molar-refractivity contribution in [2.45, 2.75) is 77.6 Å². The van der Waals surface area contributed by atoms with E-state index in [0.717, 1.165) is 11.9 Å². The van der Waals surface area contributed by atoms with Gasteiger partial charge >= 0.3 is 24.1 Å². The molecule has 0 aliphatic heterocycles. The van der Waals surface area contributed by atoms with Crippen molar-refractivity contribution in [3.05, 3.63) is 0 Å². The molecule has 0 bridgehead atoms. The largest absolute Gasteiger partial charge is 0.390 e. The first-order chi connectivity index (χ1) is 19.2. The van der Waals surface area contributed by atoms with Gasteiger partial charge < -0.3 is 25.5 Å². The summed E-state index contributed by atoms with van der Waals surface area (Å²) in [4.78, 5) is 103. The van der Waals surface area contributed by atoms with E-state index in [2.05, 4.69) is 10.6 Å². The number of hydrogen-bond donors (Lipinski definition) is 5. The number of urea groups is 4. The zero-order chi connectivity index (χ0) is 33.1. The lowest BCUT2D eigenvalue weighted by molar-refractivity contribution is -0.148. The van der Waals surface area contributed by atoms with E-state index in [1.807, 2.05) is 17.6 Å². The Bertz CT molecular complexity index is 1060. The number of likely N-dealkylation sites (N-methyl/N-ethyl adjacent to an activating group) is 3. The van der Waals surface area contributed by atoms with Crippen molar-refractivity contribution in [3.63, 3.8) is 0 Å². The molecule has 0 fully saturated rings. The van der Waals surface area contributed by atoms with Crippen LogP contribution in [-0.4, -0.2) is 131 Å². The van der Waals surface area contributed by atoms with Crippen LogP contribution < -0.4 is 21.3 Å². The van der Waals surface area contributed by atoms with Gasteiger partial charge in [-0.15, -0.1) is 0 Å². The summed E-state index contributed by atoms with van der Waals surface area (Å²) in [6.07, 6.45) is 0.484. The van der Waals surface area contributed by atoms with Gasteiger partial charge in [-0.25, -0.2) is 24.1 Å². The van der Waals surface area contributed by atoms with E-state index in [0.29, 0.717) is 16.2 Å². The molecule has 0 aromatic rings. The van der Waals surface area contributed by atoms with Crippen molar-refractivity contribution >= 4 is 47.8 Å². The number of rotatable bonds is 10. The number of aliphatic hydroxyl groups is 1. The van der Waals surface area contributed by atoms with Gasteiger partial charge in [0.15, 0.2) is 0 Å². The lowest BCUT2D eigenvalue weighted by atomic mass is 9.97. The summed E-state index contributed by atoms with van der Waals surface area (Å²) in [5.74, 6) is -2.74. The summed E-state index contributed by atoms with van der Waals surface area (Å²) in [5, 5.41) is 18.5. The molecule has 42 heavy (non-hydrogen) atoms. The first-order valence-corrected chi connectivity index (χ1v) is 13.1. The van der Waals surface area contributed by atoms with E-state index in [1.165, 1.54) is 60.8 Å². The van der Waals surface area contributed by atoms with Crippen LogP contribution >= 0.6 is 0 Å². The average molecular weight is 601 g/mol. The summed E-state index contributed by atoms with van der Waals surface area (Å²) >= 11 is 0. The van der Waals surface area contributed by atoms with Gasteiger partial charge in [-0.3, -0.25) is 34.7 Å². The lowest BCUT2D eigenvalue weighted by Crippen LogP contribution is -2.58. The Morgan fingerprint density at radius 1 is 0.786 bits per heavy atom. The molecule has 0 saturated heterocycles. The summed E-state index contributed by atoms with van der Waals surface area (Å²) in [5.41, 5.74) is -1.46. The maximum absolute atomic E-state index is 13.1. The van der Waals surface area contributed by atoms with Crippen LogP contribution in [0.5, 0.6) is 0 Å². The molecule has 12 amide bonds. The van der Waals surface area contributed by atoms with Gasteiger partial charge in [-0.05, 0) is 34.1 Å². The number of carbonyl (C=O) groups excluding carboxylic acids is 8. The van der Waals surface area contributed by atoms with Crippen LogP contribution in [0.4, 0.5) is 19.2 Å². The number of hydrogen-bond acceptors (Lipinski definition) is 9. The van der Waals surface area contributed by atoms with Gasteiger partial charge in [0.1, 0.15) is 18.1 Å². The SMILES string of the molecule is CCCC(=O)N(C)[C@H](C)C(=O)N(C)[C@@H](CC(C)(C)O)C(=O)NC(=O)N(C)C(=O)NC(=O)N[C@H](C)C(=O)N(C)C(=O)NC. The summed E-state index contributed by atoms with van der Waals surface area (Å²) < 4.78 is 0. The van der Waals surface area contributed by atoms with E-state index >= 15 is 0 Å². The normalized spacial score (nSPS) is 12.9. The van der Waals surface area contributed by atoms with E-state index in [1.54, 1.807) is 0 Å². The highest BCUT2D eigenvalue weighted by atomic mass is 16.3. The lowest BCUT2D eigenvalue weighted by Gasteiger charge is -2.35. The van der Waals surface area contributed by atoms with Crippen LogP contribution in [-0.2, 0) is 19.2 Å². The Morgan fingerprint density at radius 3 is 1.79 bits per heavy atom. The van der Waals surface area contributed by atoms with Crippen LogP contribution in [0.3, 0.4) is 0 Å². The molecule has 0 heterocycles. The molecular formula is C25H44N8O9. The molecule has 17 heteroatoms. The molecule has 238 valence electrons. The van der Waals surface area contributed by atoms with Crippen molar-refractivity contribution in [1.29, 1.82) is 0 Å². The molecule has 0 spiro atoms. The summed E-state index contributed by atoms with van der Waals surface area (Å²) in [6.45, 7) is 7.34. The van der Waals surface area contributed by atoms with E-state index in [-0.39, 0.29) is 18.7 Å². The summed E-state index contributed by atoms with van der Waals surface area (Å²) in [6, 6.07) is -8.01. The van der Waals surface area contributed by atoms with Crippen LogP contribution in [0.15, 0.2) is 0 Å². The third-order valence-corrected chi connectivity index (χ3v) is 6.23. The second-order valence-electron chi connectivity index (χ2n) is 10.3. The Labute approximate surface area is 245 Å². The molecule has 0 aliphatic rings. The zero-order valence-corrected chi connectivity index (χ0v) is 25.9. The van der Waals surface area contributed by atoms with E-state index in [9.17, 15) is 43.5 Å². The molecule has 3 atom stereocenters. The molecule has 0 rings (SSSR count). The quantitative estimate of drug-likeness (QED) is 0.216. The van der Waals surface area contributed by atoms with Crippen molar-refractivity contribution in [2.75, 3.05) is 35.2 Å². The molecule has 0 aliphatic carbocycles. The van der Waals surface area contributed by atoms with Crippen molar-refractivity contribution in [3.8, 4) is 0 Å². The Kier molecular flexibility index (Phi) is 14.6. The highest BCUT2D eigenvalue weighted by Crippen LogP contribution is 2.17. The van der Waals surface area contributed by atoms with Gasteiger partial charge in [-0.1, -0.05) is 6.92 Å². The van der Waals surface area contributed by atoms with Crippen molar-refractivity contribution < 1.29 is 43.5 Å². The van der Waals surface area contributed by atoms with Gasteiger partial charge in [0.25, 0.3) is 11.8 Å². The third-order valence-electron chi connectivity index (χ3n) is 6.23. The van der Waals surface area contributed by atoms with Crippen molar-refractivity contribution in [2.24, 2.45) is 0 Å². The Hall–Kier alpha value is -4.28. The highest BCUT2D eigenvalue weighted by molar-refractivity contribution is 6.07. The molecule has 0 aromatic carbocycles. The van der Waals surface area contributed by atoms with Crippen LogP contribution in [0.25, 0.3) is 0 Å². The fourth-order valence-electron chi connectivity index (χ4n) is 3.50. The minimum atomic E-state index is -1.46. The topological polar surface area (TPSA) is 218 Å². The fourth-order valence-corrected chi connectivity index (χ4v) is 3.50. The maximum atomic E-state index is 13.1. The third kappa shape index (κ3) is 11.3. The number of carbonyl (C=O) groups is 8. The zero-order valence-electron chi connectivity index (χ0n) is 25.9. The Morgan fingerprint density at radius 2 is 1.31 bits per heavy atom. The van der Waals surface area contributed by atoms with Crippen molar-refractivity contribution in [1.82, 2.24) is 40.9 Å². The predicted molar refractivity (Wildman–Crippen MR) is 150 cm³/mol. The van der Waals surface area contributed by atoms with E-state index < -0.39 is 65.6 Å². The number of nitrogens with one attached hydrogen (secondary N) is 4. The monoisotopic (exact) mass is 600 g/mol. The van der Waals surface area contributed by atoms with Gasteiger partial charge in [0.05, 0.1) is 5.60 Å². The average Bonchev–Trinajstić information content (AvgIpc) is 2.91. The smallest absolute Gasteiger partial charge is 0.333 e. The van der Waals surface area contributed by atoms with Crippen LogP contribution in [0.2, 0.25) is 0 Å².